The van der Waals surface area contributed by atoms with Crippen molar-refractivity contribution in [1.82, 2.24) is 4.98 Å². The first-order chi connectivity index (χ1) is 12.0. The Kier molecular flexibility index (Phi) is 4.34. The lowest BCUT2D eigenvalue weighted by Gasteiger charge is -2.17. The van der Waals surface area contributed by atoms with Gasteiger partial charge < -0.3 is 15.0 Å². The lowest BCUT2D eigenvalue weighted by atomic mass is 10.1. The minimum absolute atomic E-state index is 0.0212. The fourth-order valence-corrected chi connectivity index (χ4v) is 2.68. The third kappa shape index (κ3) is 2.89. The topological polar surface area (TPSA) is 97.6 Å². The number of rotatable bonds is 4. The van der Waals surface area contributed by atoms with E-state index in [4.69, 9.17) is 4.74 Å². The molecule has 25 heavy (non-hydrogen) atoms. The molecule has 0 unspecified atom stereocenters. The van der Waals surface area contributed by atoms with E-state index in [1.165, 1.54) is 18.3 Å². The fraction of sp³-hybridized carbons (Fsp3) is 0.176. The summed E-state index contributed by atoms with van der Waals surface area (Å²) in [5, 5.41) is 14.5. The summed E-state index contributed by atoms with van der Waals surface area (Å²) in [4.78, 5) is 29.2. The second-order valence-electron chi connectivity index (χ2n) is 5.27. The Morgan fingerprint density at radius 3 is 2.76 bits per heavy atom. The number of esters is 1. The highest BCUT2D eigenvalue weighted by Gasteiger charge is 2.33. The van der Waals surface area contributed by atoms with Crippen LogP contribution in [0.2, 0.25) is 0 Å². The van der Waals surface area contributed by atoms with Gasteiger partial charge in [-0.3, -0.25) is 10.1 Å². The van der Waals surface area contributed by atoms with Crippen LogP contribution in [-0.2, 0) is 9.53 Å². The number of ether oxygens (including phenoxy) is 1. The maximum atomic E-state index is 12.6. The van der Waals surface area contributed by atoms with E-state index in [0.29, 0.717) is 5.82 Å². The first kappa shape index (κ1) is 16.4. The number of carbonyl (C=O) groups excluding carboxylic acids is 1. The number of pyridine rings is 1. The van der Waals surface area contributed by atoms with Crippen LogP contribution in [0.15, 0.2) is 48.4 Å². The van der Waals surface area contributed by atoms with Crippen molar-refractivity contribution in [3.8, 4) is 0 Å². The van der Waals surface area contributed by atoms with Crippen LogP contribution in [0.1, 0.15) is 12.6 Å². The quantitative estimate of drug-likeness (QED) is 0.395. The molecule has 0 atom stereocenters. The first-order valence-corrected chi connectivity index (χ1v) is 7.65. The molecule has 0 saturated heterocycles. The maximum absolute atomic E-state index is 12.6. The van der Waals surface area contributed by atoms with Crippen LogP contribution in [0.3, 0.4) is 0 Å². The Morgan fingerprint density at radius 1 is 1.32 bits per heavy atom. The molecule has 0 aliphatic carbocycles. The molecule has 8 heteroatoms. The molecule has 2 aromatic rings. The van der Waals surface area contributed by atoms with Gasteiger partial charge in [-0.1, -0.05) is 12.1 Å². The van der Waals surface area contributed by atoms with E-state index >= 15 is 0 Å². The highest BCUT2D eigenvalue weighted by atomic mass is 16.6. The van der Waals surface area contributed by atoms with E-state index in [1.54, 1.807) is 18.9 Å². The van der Waals surface area contributed by atoms with Crippen molar-refractivity contribution in [2.75, 3.05) is 23.9 Å². The Balaban J connectivity index is 2.22. The summed E-state index contributed by atoms with van der Waals surface area (Å²) in [6.45, 7) is 1.82. The Labute approximate surface area is 143 Å². The predicted octanol–water partition coefficient (Wildman–Crippen LogP) is 2.78. The monoisotopic (exact) mass is 340 g/mol. The number of fused-ring (bicyclic) bond motifs is 1. The number of anilines is 2. The molecule has 3 rings (SSSR count). The number of nitrogens with zero attached hydrogens (tertiary/aromatic N) is 3. The van der Waals surface area contributed by atoms with Gasteiger partial charge in [-0.25, -0.2) is 9.78 Å². The lowest BCUT2D eigenvalue weighted by molar-refractivity contribution is -0.385. The van der Waals surface area contributed by atoms with Crippen molar-refractivity contribution >= 4 is 28.6 Å². The van der Waals surface area contributed by atoms with Gasteiger partial charge in [0.1, 0.15) is 11.4 Å². The number of hydrogen-bond donors (Lipinski definition) is 1. The summed E-state index contributed by atoms with van der Waals surface area (Å²) in [7, 11) is 1.77. The molecular weight excluding hydrogens is 324 g/mol. The summed E-state index contributed by atoms with van der Waals surface area (Å²) in [6, 6.07) is 10.2. The molecule has 2 heterocycles. The van der Waals surface area contributed by atoms with Crippen molar-refractivity contribution in [3.63, 3.8) is 0 Å². The van der Waals surface area contributed by atoms with Gasteiger partial charge in [0.05, 0.1) is 22.9 Å². The summed E-state index contributed by atoms with van der Waals surface area (Å²) in [6.07, 6.45) is 1.41. The molecule has 0 saturated carbocycles. The molecule has 0 fully saturated rings. The molecule has 0 bridgehead atoms. The minimum Gasteiger partial charge on any atom is -0.462 e. The smallest absolute Gasteiger partial charge is 0.344 e. The van der Waals surface area contributed by atoms with Crippen LogP contribution in [-0.4, -0.2) is 29.5 Å². The summed E-state index contributed by atoms with van der Waals surface area (Å²) >= 11 is 0. The number of para-hydroxylation sites is 2. The van der Waals surface area contributed by atoms with E-state index in [-0.39, 0.29) is 23.6 Å². The number of benzene rings is 1. The van der Waals surface area contributed by atoms with Gasteiger partial charge >= 0.3 is 5.97 Å². The van der Waals surface area contributed by atoms with Crippen molar-refractivity contribution in [1.29, 1.82) is 0 Å². The van der Waals surface area contributed by atoms with Gasteiger partial charge in [-0.2, -0.15) is 0 Å². The highest BCUT2D eigenvalue weighted by Crippen LogP contribution is 2.39. The average molecular weight is 340 g/mol. The molecule has 1 aliphatic rings. The zero-order valence-electron chi connectivity index (χ0n) is 13.7. The van der Waals surface area contributed by atoms with Gasteiger partial charge in [-0.15, -0.1) is 0 Å². The van der Waals surface area contributed by atoms with Crippen LogP contribution in [0.5, 0.6) is 0 Å². The third-order valence-corrected chi connectivity index (χ3v) is 3.79. The van der Waals surface area contributed by atoms with E-state index in [0.717, 1.165) is 11.4 Å². The van der Waals surface area contributed by atoms with E-state index < -0.39 is 10.9 Å². The molecule has 1 aliphatic heterocycles. The summed E-state index contributed by atoms with van der Waals surface area (Å²) in [5.41, 5.74) is 1.36. The van der Waals surface area contributed by atoms with Crippen molar-refractivity contribution < 1.29 is 14.5 Å². The Hall–Kier alpha value is -3.42. The van der Waals surface area contributed by atoms with E-state index in [2.05, 4.69) is 10.3 Å². The third-order valence-electron chi connectivity index (χ3n) is 3.79. The van der Waals surface area contributed by atoms with E-state index in [1.807, 2.05) is 24.3 Å². The number of carbonyl (C=O) groups is 1. The molecule has 0 spiro atoms. The van der Waals surface area contributed by atoms with E-state index in [9.17, 15) is 14.9 Å². The summed E-state index contributed by atoms with van der Waals surface area (Å²) in [5.74, 6) is -0.284. The molecule has 1 aromatic carbocycles. The molecule has 1 N–H and O–H groups in total. The average Bonchev–Trinajstić information content (AvgIpc) is 2.93. The van der Waals surface area contributed by atoms with Crippen molar-refractivity contribution in [2.45, 2.75) is 6.92 Å². The number of aromatic nitrogens is 1. The molecular formula is C17H16N4O4. The van der Waals surface area contributed by atoms with Gasteiger partial charge in [0, 0.05) is 19.3 Å². The highest BCUT2D eigenvalue weighted by molar-refractivity contribution is 6.19. The van der Waals surface area contributed by atoms with Gasteiger partial charge in [0.2, 0.25) is 0 Å². The van der Waals surface area contributed by atoms with Crippen LogP contribution in [0, 0.1) is 10.1 Å². The number of hydrogen-bond acceptors (Lipinski definition) is 7. The lowest BCUT2D eigenvalue weighted by Crippen LogP contribution is -2.22. The van der Waals surface area contributed by atoms with Crippen LogP contribution < -0.4 is 10.2 Å². The van der Waals surface area contributed by atoms with Gasteiger partial charge in [0.15, 0.2) is 5.69 Å². The SMILES string of the molecule is CCOC(=O)C(=C1Nc2ccccc2N1C)c1ncccc1[N+](=O)[O-]. The zero-order valence-corrected chi connectivity index (χ0v) is 13.7. The normalized spacial score (nSPS) is 14.6. The number of nitro groups is 1. The largest absolute Gasteiger partial charge is 0.462 e. The Morgan fingerprint density at radius 2 is 2.08 bits per heavy atom. The molecule has 8 nitrogen and oxygen atoms in total. The van der Waals surface area contributed by atoms with Crippen molar-refractivity contribution in [3.05, 3.63) is 64.2 Å². The Bertz CT molecular complexity index is 878. The van der Waals surface area contributed by atoms with Gasteiger partial charge in [-0.05, 0) is 25.1 Å². The maximum Gasteiger partial charge on any atom is 0.344 e. The van der Waals surface area contributed by atoms with Crippen molar-refractivity contribution in [2.24, 2.45) is 0 Å². The molecule has 0 radical (unpaired) electrons. The second kappa shape index (κ2) is 6.60. The van der Waals surface area contributed by atoms with Crippen LogP contribution >= 0.6 is 0 Å². The number of nitrogens with one attached hydrogen (secondary N) is 1. The van der Waals surface area contributed by atoms with Crippen LogP contribution in [0.4, 0.5) is 17.1 Å². The zero-order chi connectivity index (χ0) is 18.0. The standard InChI is InChI=1S/C17H16N4O4/c1-3-25-17(22)14(15-13(21(23)24)9-6-10-18-15)16-19-11-7-4-5-8-12(11)20(16)2/h4-10,19H,3H2,1-2H3. The summed E-state index contributed by atoms with van der Waals surface area (Å²) < 4.78 is 5.13. The minimum atomic E-state index is -0.675. The molecule has 128 valence electrons. The molecule has 0 amide bonds. The molecule has 1 aromatic heterocycles. The van der Waals surface area contributed by atoms with Crippen LogP contribution in [0.25, 0.3) is 5.57 Å². The second-order valence-corrected chi connectivity index (χ2v) is 5.27. The fourth-order valence-electron chi connectivity index (χ4n) is 2.68. The predicted molar refractivity (Wildman–Crippen MR) is 92.9 cm³/mol. The first-order valence-electron chi connectivity index (χ1n) is 7.65. The van der Waals surface area contributed by atoms with Gasteiger partial charge in [0.25, 0.3) is 5.69 Å².